The number of hydrogen-bond acceptors (Lipinski definition) is 3. The molecule has 2 nitrogen and oxygen atoms in total. The van der Waals surface area contributed by atoms with Gasteiger partial charge >= 0.3 is 0 Å². The van der Waals surface area contributed by atoms with Crippen molar-refractivity contribution in [1.29, 1.82) is 0 Å². The van der Waals surface area contributed by atoms with Gasteiger partial charge in [0.05, 0.1) is 5.02 Å². The van der Waals surface area contributed by atoms with Gasteiger partial charge in [0.25, 0.3) is 0 Å². The van der Waals surface area contributed by atoms with Crippen LogP contribution in [0.25, 0.3) is 11.8 Å². The van der Waals surface area contributed by atoms with Gasteiger partial charge in [-0.05, 0) is 36.9 Å². The second kappa shape index (κ2) is 6.43. The first-order valence-electron chi connectivity index (χ1n) is 8.03. The molecule has 0 unspecified atom stereocenters. The van der Waals surface area contributed by atoms with Crippen molar-refractivity contribution < 1.29 is 4.39 Å². The number of fused-ring (bicyclic) bond motifs is 2. The lowest BCUT2D eigenvalue weighted by molar-refractivity contribution is 0.207. The van der Waals surface area contributed by atoms with Gasteiger partial charge in [-0.2, -0.15) is 0 Å². The lowest BCUT2D eigenvalue weighted by Gasteiger charge is -2.36. The van der Waals surface area contributed by atoms with E-state index in [0.29, 0.717) is 0 Å². The normalized spacial score (nSPS) is 17.8. The summed E-state index contributed by atoms with van der Waals surface area (Å²) in [5.41, 5.74) is 3.19. The SMILES string of the molecule is CN1CCN(C2=Cc3ccccc3Sc3cc(Cl)c(F)cc32)CC1. The number of hydrogen-bond donors (Lipinski definition) is 0. The van der Waals surface area contributed by atoms with E-state index in [4.69, 9.17) is 11.6 Å². The molecule has 2 aromatic carbocycles. The third-order valence-electron chi connectivity index (χ3n) is 4.57. The molecule has 0 amide bonds. The molecule has 2 aliphatic heterocycles. The van der Waals surface area contributed by atoms with E-state index in [1.165, 1.54) is 10.5 Å². The first-order valence-corrected chi connectivity index (χ1v) is 9.23. The Labute approximate surface area is 150 Å². The topological polar surface area (TPSA) is 6.48 Å². The van der Waals surface area contributed by atoms with Crippen LogP contribution in [0.3, 0.4) is 0 Å². The van der Waals surface area contributed by atoms with E-state index < -0.39 is 0 Å². The lowest BCUT2D eigenvalue weighted by Crippen LogP contribution is -2.43. The average molecular weight is 361 g/mol. The Morgan fingerprint density at radius 3 is 2.58 bits per heavy atom. The monoisotopic (exact) mass is 360 g/mol. The van der Waals surface area contributed by atoms with Gasteiger partial charge in [0, 0.05) is 47.2 Å². The second-order valence-corrected chi connectivity index (χ2v) is 7.71. The quantitative estimate of drug-likeness (QED) is 0.728. The van der Waals surface area contributed by atoms with Gasteiger partial charge in [-0.25, -0.2) is 4.39 Å². The van der Waals surface area contributed by atoms with Crippen molar-refractivity contribution in [2.24, 2.45) is 0 Å². The van der Waals surface area contributed by atoms with Gasteiger partial charge in [-0.1, -0.05) is 41.6 Å². The van der Waals surface area contributed by atoms with E-state index in [2.05, 4.69) is 35.1 Å². The van der Waals surface area contributed by atoms with Crippen LogP contribution in [0.2, 0.25) is 5.02 Å². The third-order valence-corrected chi connectivity index (χ3v) is 6.01. The number of nitrogens with zero attached hydrogens (tertiary/aromatic N) is 2. The van der Waals surface area contributed by atoms with E-state index in [9.17, 15) is 4.39 Å². The Bertz CT molecular complexity index is 813. The average Bonchev–Trinajstić information content (AvgIpc) is 2.73. The highest BCUT2D eigenvalue weighted by Crippen LogP contribution is 2.43. The molecule has 4 rings (SSSR count). The Morgan fingerprint density at radius 2 is 1.79 bits per heavy atom. The fourth-order valence-electron chi connectivity index (χ4n) is 3.16. The van der Waals surface area contributed by atoms with Crippen molar-refractivity contribution in [3.8, 4) is 0 Å². The minimum atomic E-state index is -0.359. The van der Waals surface area contributed by atoms with Crippen LogP contribution < -0.4 is 0 Å². The predicted molar refractivity (Wildman–Crippen MR) is 98.9 cm³/mol. The molecule has 0 radical (unpaired) electrons. The number of likely N-dealkylation sites (N-methyl/N-ethyl adjacent to an activating group) is 1. The number of piperazine rings is 1. The second-order valence-electron chi connectivity index (χ2n) is 6.22. The fourth-order valence-corrected chi connectivity index (χ4v) is 4.47. The van der Waals surface area contributed by atoms with Crippen molar-refractivity contribution in [2.45, 2.75) is 9.79 Å². The first kappa shape index (κ1) is 16.0. The van der Waals surface area contributed by atoms with Gasteiger partial charge in [0.2, 0.25) is 0 Å². The van der Waals surface area contributed by atoms with E-state index in [-0.39, 0.29) is 10.8 Å². The molecule has 1 saturated heterocycles. The van der Waals surface area contributed by atoms with Gasteiger partial charge < -0.3 is 9.80 Å². The molecule has 0 N–H and O–H groups in total. The Balaban J connectivity index is 1.86. The van der Waals surface area contributed by atoms with Crippen LogP contribution in [0.15, 0.2) is 46.2 Å². The summed E-state index contributed by atoms with van der Waals surface area (Å²) in [7, 11) is 2.14. The van der Waals surface area contributed by atoms with Crippen LogP contribution in [0.5, 0.6) is 0 Å². The molecular formula is C19H18ClFN2S. The molecule has 0 saturated carbocycles. The Hall–Kier alpha value is -1.49. The summed E-state index contributed by atoms with van der Waals surface area (Å²) in [6.45, 7) is 3.91. The molecule has 0 aliphatic carbocycles. The van der Waals surface area contributed by atoms with Crippen LogP contribution >= 0.6 is 23.4 Å². The van der Waals surface area contributed by atoms with Crippen molar-refractivity contribution in [2.75, 3.05) is 33.2 Å². The summed E-state index contributed by atoms with van der Waals surface area (Å²) in [6, 6.07) is 11.6. The van der Waals surface area contributed by atoms with Gasteiger partial charge in [-0.3, -0.25) is 0 Å². The highest BCUT2D eigenvalue weighted by molar-refractivity contribution is 7.99. The zero-order chi connectivity index (χ0) is 16.7. The zero-order valence-electron chi connectivity index (χ0n) is 13.4. The molecule has 2 aliphatic rings. The van der Waals surface area contributed by atoms with E-state index in [1.807, 2.05) is 12.1 Å². The van der Waals surface area contributed by atoms with Gasteiger partial charge in [-0.15, -0.1) is 0 Å². The Morgan fingerprint density at radius 1 is 1.04 bits per heavy atom. The first-order chi connectivity index (χ1) is 11.6. The number of halogens is 2. The molecule has 124 valence electrons. The summed E-state index contributed by atoms with van der Waals surface area (Å²) < 4.78 is 14.2. The van der Waals surface area contributed by atoms with E-state index in [1.54, 1.807) is 23.9 Å². The van der Waals surface area contributed by atoms with Crippen LogP contribution in [0.4, 0.5) is 4.39 Å². The summed E-state index contributed by atoms with van der Waals surface area (Å²) >= 11 is 7.70. The maximum Gasteiger partial charge on any atom is 0.142 e. The molecule has 0 spiro atoms. The Kier molecular flexibility index (Phi) is 4.29. The maximum absolute atomic E-state index is 14.2. The van der Waals surface area contributed by atoms with E-state index >= 15 is 0 Å². The fraction of sp³-hybridized carbons (Fsp3) is 0.263. The molecular weight excluding hydrogens is 343 g/mol. The molecule has 24 heavy (non-hydrogen) atoms. The number of rotatable bonds is 1. The highest BCUT2D eigenvalue weighted by atomic mass is 35.5. The van der Waals surface area contributed by atoms with Crippen LogP contribution in [0.1, 0.15) is 11.1 Å². The predicted octanol–water partition coefficient (Wildman–Crippen LogP) is 4.69. The highest BCUT2D eigenvalue weighted by Gasteiger charge is 2.24. The number of benzene rings is 2. The van der Waals surface area contributed by atoms with E-state index in [0.717, 1.165) is 42.3 Å². The summed E-state index contributed by atoms with van der Waals surface area (Å²) in [5.74, 6) is -0.359. The molecule has 0 atom stereocenters. The van der Waals surface area contributed by atoms with Gasteiger partial charge in [0.1, 0.15) is 5.82 Å². The molecule has 0 aromatic heterocycles. The van der Waals surface area contributed by atoms with Gasteiger partial charge in [0.15, 0.2) is 0 Å². The largest absolute Gasteiger partial charge is 0.368 e. The molecule has 2 heterocycles. The third kappa shape index (κ3) is 2.94. The summed E-state index contributed by atoms with van der Waals surface area (Å²) in [4.78, 5) is 6.86. The summed E-state index contributed by atoms with van der Waals surface area (Å²) in [6.07, 6.45) is 2.19. The molecule has 2 aromatic rings. The van der Waals surface area contributed by atoms with Crippen molar-refractivity contribution >= 4 is 35.1 Å². The summed E-state index contributed by atoms with van der Waals surface area (Å²) in [5, 5.41) is 0.179. The maximum atomic E-state index is 14.2. The minimum Gasteiger partial charge on any atom is -0.368 e. The standard InChI is InChI=1S/C19H18ClFN2S/c1-22-6-8-23(9-7-22)17-10-13-4-2-3-5-18(13)24-19-12-15(20)16(21)11-14(17)19/h2-5,10-12H,6-9H2,1H3. The smallest absolute Gasteiger partial charge is 0.142 e. The van der Waals surface area contributed by atoms with Crippen LogP contribution in [-0.4, -0.2) is 43.0 Å². The molecule has 5 heteroatoms. The molecule has 1 fully saturated rings. The minimum absolute atomic E-state index is 0.179. The van der Waals surface area contributed by atoms with Crippen LogP contribution in [0, 0.1) is 5.82 Å². The van der Waals surface area contributed by atoms with Crippen LogP contribution in [-0.2, 0) is 0 Å². The van der Waals surface area contributed by atoms with Crippen molar-refractivity contribution in [3.05, 3.63) is 58.4 Å². The molecule has 0 bridgehead atoms. The van der Waals surface area contributed by atoms with Crippen molar-refractivity contribution in [1.82, 2.24) is 9.80 Å². The lowest BCUT2D eigenvalue weighted by atomic mass is 10.1. The zero-order valence-corrected chi connectivity index (χ0v) is 15.0. The van der Waals surface area contributed by atoms with Crippen molar-refractivity contribution in [3.63, 3.8) is 0 Å².